The van der Waals surface area contributed by atoms with E-state index in [0.717, 1.165) is 22.0 Å². The van der Waals surface area contributed by atoms with Crippen molar-refractivity contribution in [2.45, 2.75) is 13.5 Å². The van der Waals surface area contributed by atoms with Gasteiger partial charge in [-0.2, -0.15) is 0 Å². The van der Waals surface area contributed by atoms with Gasteiger partial charge in [0.2, 0.25) is 0 Å². The van der Waals surface area contributed by atoms with Crippen LogP contribution < -0.4 is 5.32 Å². The molecule has 0 aliphatic rings. The molecule has 0 aliphatic carbocycles. The zero-order valence-electron chi connectivity index (χ0n) is 8.46. The van der Waals surface area contributed by atoms with Crippen LogP contribution >= 0.6 is 11.6 Å². The molecular formula is C12H12ClNO. The summed E-state index contributed by atoms with van der Waals surface area (Å²) in [5.74, 6) is 0.911. The van der Waals surface area contributed by atoms with Gasteiger partial charge in [0, 0.05) is 10.7 Å². The fourth-order valence-corrected chi connectivity index (χ4v) is 1.57. The maximum atomic E-state index is 6.01. The molecule has 2 aromatic rings. The SMILES string of the molecule is Cc1c(Cl)cccc1NCc1ccco1. The van der Waals surface area contributed by atoms with Gasteiger partial charge in [0.25, 0.3) is 0 Å². The van der Waals surface area contributed by atoms with Gasteiger partial charge in [-0.05, 0) is 36.8 Å². The van der Waals surface area contributed by atoms with Gasteiger partial charge < -0.3 is 9.73 Å². The average molecular weight is 222 g/mol. The Morgan fingerprint density at radius 3 is 2.87 bits per heavy atom. The summed E-state index contributed by atoms with van der Waals surface area (Å²) in [5, 5.41) is 4.06. The van der Waals surface area contributed by atoms with Crippen LogP contribution in [-0.4, -0.2) is 0 Å². The van der Waals surface area contributed by atoms with Crippen LogP contribution in [0.1, 0.15) is 11.3 Å². The standard InChI is InChI=1S/C12H12ClNO/c1-9-11(13)5-2-6-12(9)14-8-10-4-3-7-15-10/h2-7,14H,8H2,1H3. The van der Waals surface area contributed by atoms with E-state index in [-0.39, 0.29) is 0 Å². The third-order valence-corrected chi connectivity index (χ3v) is 2.71. The quantitative estimate of drug-likeness (QED) is 0.852. The van der Waals surface area contributed by atoms with E-state index in [1.807, 2.05) is 37.3 Å². The van der Waals surface area contributed by atoms with Crippen molar-refractivity contribution < 1.29 is 4.42 Å². The number of hydrogen-bond donors (Lipinski definition) is 1. The minimum atomic E-state index is 0.675. The van der Waals surface area contributed by atoms with Crippen LogP contribution in [0.4, 0.5) is 5.69 Å². The molecule has 2 nitrogen and oxygen atoms in total. The van der Waals surface area contributed by atoms with Crippen molar-refractivity contribution in [2.75, 3.05) is 5.32 Å². The van der Waals surface area contributed by atoms with Crippen molar-refractivity contribution in [1.29, 1.82) is 0 Å². The van der Waals surface area contributed by atoms with Crippen molar-refractivity contribution in [1.82, 2.24) is 0 Å². The van der Waals surface area contributed by atoms with E-state index >= 15 is 0 Å². The van der Waals surface area contributed by atoms with Crippen LogP contribution in [0.25, 0.3) is 0 Å². The third-order valence-electron chi connectivity index (χ3n) is 2.30. The van der Waals surface area contributed by atoms with E-state index in [9.17, 15) is 0 Å². The molecule has 0 saturated carbocycles. The molecule has 1 aromatic carbocycles. The minimum Gasteiger partial charge on any atom is -0.467 e. The van der Waals surface area contributed by atoms with Crippen molar-refractivity contribution in [3.8, 4) is 0 Å². The first-order valence-corrected chi connectivity index (χ1v) is 5.16. The van der Waals surface area contributed by atoms with Gasteiger partial charge in [-0.3, -0.25) is 0 Å². The Hall–Kier alpha value is -1.41. The molecule has 15 heavy (non-hydrogen) atoms. The number of furan rings is 1. The van der Waals surface area contributed by atoms with Gasteiger partial charge in [-0.15, -0.1) is 0 Å². The average Bonchev–Trinajstić information content (AvgIpc) is 2.73. The molecule has 0 radical (unpaired) electrons. The van der Waals surface area contributed by atoms with Gasteiger partial charge in [0.1, 0.15) is 5.76 Å². The summed E-state index contributed by atoms with van der Waals surface area (Å²) in [6, 6.07) is 9.63. The summed E-state index contributed by atoms with van der Waals surface area (Å²) in [7, 11) is 0. The topological polar surface area (TPSA) is 25.2 Å². The first-order valence-electron chi connectivity index (χ1n) is 4.79. The second-order valence-electron chi connectivity index (χ2n) is 3.35. The molecule has 0 saturated heterocycles. The third kappa shape index (κ3) is 2.34. The maximum Gasteiger partial charge on any atom is 0.122 e. The maximum absolute atomic E-state index is 6.01. The number of anilines is 1. The number of rotatable bonds is 3. The zero-order valence-corrected chi connectivity index (χ0v) is 9.21. The van der Waals surface area contributed by atoms with E-state index in [4.69, 9.17) is 16.0 Å². The molecule has 0 atom stereocenters. The van der Waals surface area contributed by atoms with Crippen LogP contribution in [0.2, 0.25) is 5.02 Å². The predicted octanol–water partition coefficient (Wildman–Crippen LogP) is 3.85. The Morgan fingerprint density at radius 1 is 1.27 bits per heavy atom. The van der Waals surface area contributed by atoms with Gasteiger partial charge >= 0.3 is 0 Å². The predicted molar refractivity (Wildman–Crippen MR) is 62.2 cm³/mol. The Kier molecular flexibility index (Phi) is 2.97. The molecule has 1 N–H and O–H groups in total. The molecule has 0 spiro atoms. The molecule has 0 bridgehead atoms. The highest BCUT2D eigenvalue weighted by molar-refractivity contribution is 6.31. The van der Waals surface area contributed by atoms with E-state index < -0.39 is 0 Å². The number of hydrogen-bond acceptors (Lipinski definition) is 2. The highest BCUT2D eigenvalue weighted by Crippen LogP contribution is 2.23. The van der Waals surface area contributed by atoms with Crippen LogP contribution in [0.3, 0.4) is 0 Å². The van der Waals surface area contributed by atoms with E-state index in [1.165, 1.54) is 0 Å². The molecule has 78 valence electrons. The van der Waals surface area contributed by atoms with E-state index in [0.29, 0.717) is 6.54 Å². The lowest BCUT2D eigenvalue weighted by Gasteiger charge is -2.08. The summed E-state index contributed by atoms with van der Waals surface area (Å²) >= 11 is 6.01. The highest BCUT2D eigenvalue weighted by Gasteiger charge is 2.02. The molecule has 2 rings (SSSR count). The number of nitrogens with one attached hydrogen (secondary N) is 1. The molecule has 1 aromatic heterocycles. The van der Waals surface area contributed by atoms with Gasteiger partial charge in [0.15, 0.2) is 0 Å². The van der Waals surface area contributed by atoms with Crippen LogP contribution in [0.15, 0.2) is 41.0 Å². The second-order valence-corrected chi connectivity index (χ2v) is 3.75. The highest BCUT2D eigenvalue weighted by atomic mass is 35.5. The molecule has 1 heterocycles. The molecule has 0 fully saturated rings. The lowest BCUT2D eigenvalue weighted by molar-refractivity contribution is 0.518. The fraction of sp³-hybridized carbons (Fsp3) is 0.167. The van der Waals surface area contributed by atoms with Gasteiger partial charge in [-0.1, -0.05) is 17.7 Å². The smallest absolute Gasteiger partial charge is 0.122 e. The van der Waals surface area contributed by atoms with E-state index in [2.05, 4.69) is 5.32 Å². The Labute approximate surface area is 93.9 Å². The summed E-state index contributed by atoms with van der Waals surface area (Å²) in [4.78, 5) is 0. The first-order chi connectivity index (χ1) is 7.27. The molecule has 0 aliphatic heterocycles. The van der Waals surface area contributed by atoms with Gasteiger partial charge in [-0.25, -0.2) is 0 Å². The van der Waals surface area contributed by atoms with Crippen molar-refractivity contribution in [2.24, 2.45) is 0 Å². The monoisotopic (exact) mass is 221 g/mol. The largest absolute Gasteiger partial charge is 0.467 e. The molecular weight excluding hydrogens is 210 g/mol. The van der Waals surface area contributed by atoms with Crippen LogP contribution in [0, 0.1) is 6.92 Å². The summed E-state index contributed by atoms with van der Waals surface area (Å²) in [6.45, 7) is 2.67. The first kappa shape index (κ1) is 10.1. The molecule has 3 heteroatoms. The summed E-state index contributed by atoms with van der Waals surface area (Å²) in [6.07, 6.45) is 1.67. The van der Waals surface area contributed by atoms with Crippen molar-refractivity contribution in [3.05, 3.63) is 52.9 Å². The lowest BCUT2D eigenvalue weighted by atomic mass is 10.2. The van der Waals surface area contributed by atoms with Crippen LogP contribution in [-0.2, 0) is 6.54 Å². The van der Waals surface area contributed by atoms with Crippen LogP contribution in [0.5, 0.6) is 0 Å². The summed E-state index contributed by atoms with van der Waals surface area (Å²) < 4.78 is 5.23. The number of halogens is 1. The molecule has 0 amide bonds. The Morgan fingerprint density at radius 2 is 2.13 bits per heavy atom. The minimum absolute atomic E-state index is 0.675. The van der Waals surface area contributed by atoms with Gasteiger partial charge in [0.05, 0.1) is 12.8 Å². The zero-order chi connectivity index (χ0) is 10.7. The van der Waals surface area contributed by atoms with E-state index in [1.54, 1.807) is 6.26 Å². The van der Waals surface area contributed by atoms with Crippen molar-refractivity contribution >= 4 is 17.3 Å². The Balaban J connectivity index is 2.08. The second kappa shape index (κ2) is 4.41. The molecule has 0 unspecified atom stereocenters. The lowest BCUT2D eigenvalue weighted by Crippen LogP contribution is -1.99. The summed E-state index contributed by atoms with van der Waals surface area (Å²) in [5.41, 5.74) is 2.10. The van der Waals surface area contributed by atoms with Crippen molar-refractivity contribution in [3.63, 3.8) is 0 Å². The Bertz CT molecular complexity index is 437. The number of benzene rings is 1. The normalized spacial score (nSPS) is 10.3. The fourth-order valence-electron chi connectivity index (χ4n) is 1.39.